The van der Waals surface area contributed by atoms with E-state index in [9.17, 15) is 18.0 Å². The molecule has 1 amide bonds. The van der Waals surface area contributed by atoms with Gasteiger partial charge in [0.1, 0.15) is 29.2 Å². The van der Waals surface area contributed by atoms with Gasteiger partial charge in [0.25, 0.3) is 5.91 Å². The summed E-state index contributed by atoms with van der Waals surface area (Å²) in [6, 6.07) is 4.83. The predicted octanol–water partition coefficient (Wildman–Crippen LogP) is 4.23. The molecule has 0 saturated heterocycles. The number of aryl methyl sites for hydroxylation is 2. The van der Waals surface area contributed by atoms with Crippen LogP contribution in [0, 0.1) is 25.7 Å². The third-order valence-electron chi connectivity index (χ3n) is 5.82. The summed E-state index contributed by atoms with van der Waals surface area (Å²) >= 11 is 0. The average molecular weight is 550 g/mol. The molecule has 0 unspecified atom stereocenters. The SMILES string of the molecule is Cc1nc2cnc(N)c(C#Cc3cncc(C(=O)Nc4ccc(OCCN(C)C)c(C(F)(F)F)c4)c3)c2nc1C. The Hall–Kier alpha value is -4.76. The van der Waals surface area contributed by atoms with Crippen LogP contribution >= 0.6 is 0 Å². The Kier molecular flexibility index (Phi) is 8.16. The first-order valence-electron chi connectivity index (χ1n) is 12.1. The van der Waals surface area contributed by atoms with Crippen LogP contribution in [0.5, 0.6) is 5.75 Å². The molecule has 0 atom stereocenters. The molecule has 12 heteroatoms. The summed E-state index contributed by atoms with van der Waals surface area (Å²) in [5.74, 6) is 5.04. The summed E-state index contributed by atoms with van der Waals surface area (Å²) in [5, 5.41) is 2.48. The van der Waals surface area contributed by atoms with Gasteiger partial charge >= 0.3 is 6.18 Å². The van der Waals surface area contributed by atoms with Gasteiger partial charge in [0.2, 0.25) is 0 Å². The van der Waals surface area contributed by atoms with E-state index in [-0.39, 0.29) is 29.4 Å². The maximum atomic E-state index is 13.7. The van der Waals surface area contributed by atoms with Crippen LogP contribution in [-0.4, -0.2) is 58.0 Å². The van der Waals surface area contributed by atoms with Crippen molar-refractivity contribution in [2.24, 2.45) is 0 Å². The zero-order valence-corrected chi connectivity index (χ0v) is 22.2. The number of carbonyl (C=O) groups is 1. The number of benzene rings is 1. The largest absolute Gasteiger partial charge is 0.492 e. The van der Waals surface area contributed by atoms with Crippen molar-refractivity contribution < 1.29 is 22.7 Å². The molecule has 9 nitrogen and oxygen atoms in total. The summed E-state index contributed by atoms with van der Waals surface area (Å²) < 4.78 is 46.3. The second-order valence-electron chi connectivity index (χ2n) is 9.17. The first-order chi connectivity index (χ1) is 18.9. The zero-order chi connectivity index (χ0) is 29.0. The van der Waals surface area contributed by atoms with Gasteiger partial charge in [0.15, 0.2) is 0 Å². The van der Waals surface area contributed by atoms with Crippen LogP contribution in [0.1, 0.15) is 38.4 Å². The molecule has 3 N–H and O–H groups in total. The number of nitrogens with one attached hydrogen (secondary N) is 1. The minimum absolute atomic E-state index is 0.0485. The van der Waals surface area contributed by atoms with Crippen molar-refractivity contribution in [3.05, 3.63) is 76.5 Å². The first-order valence-corrected chi connectivity index (χ1v) is 12.1. The number of aromatic nitrogens is 4. The number of ether oxygens (including phenoxy) is 1. The Morgan fingerprint density at radius 3 is 2.55 bits per heavy atom. The monoisotopic (exact) mass is 549 g/mol. The number of hydrogen-bond acceptors (Lipinski definition) is 8. The molecule has 0 radical (unpaired) electrons. The number of rotatable bonds is 6. The summed E-state index contributed by atoms with van der Waals surface area (Å²) in [4.78, 5) is 31.8. The van der Waals surface area contributed by atoms with Crippen molar-refractivity contribution in [3.63, 3.8) is 0 Å². The molecule has 4 rings (SSSR count). The summed E-state index contributed by atoms with van der Waals surface area (Å²) in [6.45, 7) is 4.18. The molecule has 0 aliphatic heterocycles. The van der Waals surface area contributed by atoms with Gasteiger partial charge in [0.05, 0.1) is 34.3 Å². The fourth-order valence-corrected chi connectivity index (χ4v) is 3.60. The molecule has 206 valence electrons. The van der Waals surface area contributed by atoms with Crippen LogP contribution in [0.4, 0.5) is 24.7 Å². The van der Waals surface area contributed by atoms with Gasteiger partial charge < -0.3 is 20.7 Å². The van der Waals surface area contributed by atoms with Crippen LogP contribution < -0.4 is 15.8 Å². The van der Waals surface area contributed by atoms with Crippen molar-refractivity contribution in [2.45, 2.75) is 20.0 Å². The van der Waals surface area contributed by atoms with E-state index < -0.39 is 17.6 Å². The number of hydrogen-bond donors (Lipinski definition) is 2. The lowest BCUT2D eigenvalue weighted by molar-refractivity contribution is -0.138. The summed E-state index contributed by atoms with van der Waals surface area (Å²) in [5.41, 5.74) is 8.39. The standard InChI is InChI=1S/C28H26F3N7O2/c1-16-17(2)36-25-21(26(32)34-15-23(25)35-16)7-5-18-11-19(14-33-13-18)27(39)37-20-6-8-24(40-10-9-38(3)4)22(12-20)28(29,30)31/h6,8,11-15H,9-10H2,1-4H3,(H2,32,34)(H,37,39). The first kappa shape index (κ1) is 28.3. The third kappa shape index (κ3) is 6.62. The lowest BCUT2D eigenvalue weighted by Crippen LogP contribution is -2.20. The molecule has 0 fully saturated rings. The second kappa shape index (κ2) is 11.5. The third-order valence-corrected chi connectivity index (χ3v) is 5.82. The fourth-order valence-electron chi connectivity index (χ4n) is 3.60. The van der Waals surface area contributed by atoms with Gasteiger partial charge in [-0.2, -0.15) is 13.2 Å². The van der Waals surface area contributed by atoms with E-state index in [0.717, 1.165) is 17.5 Å². The molecular weight excluding hydrogens is 523 g/mol. The second-order valence-corrected chi connectivity index (χ2v) is 9.17. The highest BCUT2D eigenvalue weighted by Crippen LogP contribution is 2.38. The quantitative estimate of drug-likeness (QED) is 0.343. The van der Waals surface area contributed by atoms with Gasteiger partial charge in [-0.15, -0.1) is 0 Å². The number of nitrogens with two attached hydrogens (primary N) is 1. The van der Waals surface area contributed by atoms with Crippen molar-refractivity contribution in [1.82, 2.24) is 24.8 Å². The lowest BCUT2D eigenvalue weighted by atomic mass is 10.1. The van der Waals surface area contributed by atoms with E-state index in [0.29, 0.717) is 28.7 Å². The molecule has 0 spiro atoms. The van der Waals surface area contributed by atoms with Gasteiger partial charge in [-0.05, 0) is 52.2 Å². The van der Waals surface area contributed by atoms with Crippen LogP contribution in [0.15, 0.2) is 42.9 Å². The number of fused-ring (bicyclic) bond motifs is 1. The van der Waals surface area contributed by atoms with Crippen LogP contribution in [-0.2, 0) is 6.18 Å². The molecule has 0 bridgehead atoms. The van der Waals surface area contributed by atoms with Crippen molar-refractivity contribution in [3.8, 4) is 17.6 Å². The number of pyridine rings is 2. The molecule has 4 aromatic rings. The summed E-state index contributed by atoms with van der Waals surface area (Å²) in [6.07, 6.45) is -0.420. The minimum atomic E-state index is -4.68. The number of likely N-dealkylation sites (N-methyl/N-ethyl adjacent to an activating group) is 1. The molecule has 0 aliphatic carbocycles. The Morgan fingerprint density at radius 1 is 1.07 bits per heavy atom. The van der Waals surface area contributed by atoms with E-state index in [1.165, 1.54) is 36.8 Å². The zero-order valence-electron chi connectivity index (χ0n) is 22.2. The summed E-state index contributed by atoms with van der Waals surface area (Å²) in [7, 11) is 3.57. The number of amides is 1. The number of nitrogens with zero attached hydrogens (tertiary/aromatic N) is 5. The number of carbonyl (C=O) groups excluding carboxylic acids is 1. The maximum Gasteiger partial charge on any atom is 0.420 e. The van der Waals surface area contributed by atoms with Crippen LogP contribution in [0.3, 0.4) is 0 Å². The number of anilines is 2. The lowest BCUT2D eigenvalue weighted by Gasteiger charge is -2.17. The predicted molar refractivity (Wildman–Crippen MR) is 145 cm³/mol. The maximum absolute atomic E-state index is 13.7. The highest BCUT2D eigenvalue weighted by molar-refractivity contribution is 6.04. The Bertz CT molecular complexity index is 1640. The van der Waals surface area contributed by atoms with E-state index >= 15 is 0 Å². The van der Waals surface area contributed by atoms with Crippen LogP contribution in [0.2, 0.25) is 0 Å². The molecule has 0 aliphatic rings. The van der Waals surface area contributed by atoms with Gasteiger partial charge in [-0.3, -0.25) is 9.78 Å². The van der Waals surface area contributed by atoms with E-state index in [2.05, 4.69) is 37.1 Å². The molecule has 3 aromatic heterocycles. The van der Waals surface area contributed by atoms with Gasteiger partial charge in [-0.25, -0.2) is 15.0 Å². The average Bonchev–Trinajstić information content (AvgIpc) is 2.89. The normalized spacial score (nSPS) is 11.3. The van der Waals surface area contributed by atoms with E-state index in [4.69, 9.17) is 10.5 Å². The number of halogens is 3. The fraction of sp³-hybridized carbons (Fsp3) is 0.250. The molecular formula is C28H26F3N7O2. The van der Waals surface area contributed by atoms with Gasteiger partial charge in [-0.1, -0.05) is 11.8 Å². The topological polar surface area (TPSA) is 119 Å². The van der Waals surface area contributed by atoms with Crippen molar-refractivity contribution in [1.29, 1.82) is 0 Å². The molecule has 1 aromatic carbocycles. The van der Waals surface area contributed by atoms with Crippen molar-refractivity contribution in [2.75, 3.05) is 38.3 Å². The molecule has 40 heavy (non-hydrogen) atoms. The van der Waals surface area contributed by atoms with Crippen LogP contribution in [0.25, 0.3) is 11.0 Å². The highest BCUT2D eigenvalue weighted by atomic mass is 19.4. The van der Waals surface area contributed by atoms with Crippen molar-refractivity contribution >= 4 is 28.4 Å². The minimum Gasteiger partial charge on any atom is -0.492 e. The molecule has 0 saturated carbocycles. The Labute approximate surface area is 228 Å². The Morgan fingerprint density at radius 2 is 1.82 bits per heavy atom. The Balaban J connectivity index is 1.57. The number of nitrogen functional groups attached to an aromatic ring is 1. The highest BCUT2D eigenvalue weighted by Gasteiger charge is 2.35. The molecule has 3 heterocycles. The number of alkyl halides is 3. The van der Waals surface area contributed by atoms with E-state index in [1.807, 2.05) is 13.8 Å². The van der Waals surface area contributed by atoms with Gasteiger partial charge in [0, 0.05) is 30.2 Å². The smallest absolute Gasteiger partial charge is 0.420 e. The van der Waals surface area contributed by atoms with E-state index in [1.54, 1.807) is 19.0 Å².